The minimum absolute atomic E-state index is 0.0680. The monoisotopic (exact) mass is 259 g/mol. The van der Waals surface area contributed by atoms with Crippen LogP contribution in [0.1, 0.15) is 25.3 Å². The van der Waals surface area contributed by atoms with Crippen LogP contribution in [0.2, 0.25) is 5.02 Å². The molecule has 17 heavy (non-hydrogen) atoms. The smallest absolute Gasteiger partial charge is 0.124 e. The van der Waals surface area contributed by atoms with Gasteiger partial charge in [0, 0.05) is 23.0 Å². The van der Waals surface area contributed by atoms with E-state index in [4.69, 9.17) is 22.1 Å². The van der Waals surface area contributed by atoms with Crippen LogP contribution in [0.15, 0.2) is 18.2 Å². The molecule has 1 aromatic rings. The number of rotatable bonds is 7. The lowest BCUT2D eigenvalue weighted by atomic mass is 10.0. The average molecular weight is 260 g/mol. The largest absolute Gasteiger partial charge is 0.493 e. The van der Waals surface area contributed by atoms with Crippen LogP contribution in [0.3, 0.4) is 0 Å². The fourth-order valence-corrected chi connectivity index (χ4v) is 1.76. The van der Waals surface area contributed by atoms with Crippen LogP contribution >= 0.6 is 11.6 Å². The third kappa shape index (κ3) is 4.52. The van der Waals surface area contributed by atoms with Gasteiger partial charge in [0.1, 0.15) is 5.75 Å². The molecule has 0 bridgehead atoms. The lowest BCUT2D eigenvalue weighted by molar-refractivity contribution is 0.286. The van der Waals surface area contributed by atoms with E-state index in [2.05, 4.69) is 0 Å². The Labute approximate surface area is 107 Å². The predicted molar refractivity (Wildman–Crippen MR) is 69.5 cm³/mol. The van der Waals surface area contributed by atoms with E-state index >= 15 is 0 Å². The second-order valence-corrected chi connectivity index (χ2v) is 4.39. The fourth-order valence-electron chi connectivity index (χ4n) is 1.52. The van der Waals surface area contributed by atoms with E-state index in [1.807, 2.05) is 25.1 Å². The Kier molecular flexibility index (Phi) is 6.30. The van der Waals surface area contributed by atoms with Crippen molar-refractivity contribution in [3.8, 4) is 5.75 Å². The normalized spacial score (nSPS) is 12.5. The molecule has 0 saturated heterocycles. The van der Waals surface area contributed by atoms with Crippen molar-refractivity contribution in [2.75, 3.05) is 13.3 Å². The minimum atomic E-state index is -0.371. The van der Waals surface area contributed by atoms with Crippen LogP contribution in [-0.2, 0) is 6.42 Å². The zero-order chi connectivity index (χ0) is 12.7. The maximum absolute atomic E-state index is 12.0. The first-order valence-corrected chi connectivity index (χ1v) is 6.28. The van der Waals surface area contributed by atoms with Crippen molar-refractivity contribution in [1.29, 1.82) is 0 Å². The van der Waals surface area contributed by atoms with Gasteiger partial charge in [-0.3, -0.25) is 4.39 Å². The summed E-state index contributed by atoms with van der Waals surface area (Å²) < 4.78 is 17.5. The zero-order valence-corrected chi connectivity index (χ0v) is 10.8. The Morgan fingerprint density at radius 1 is 1.47 bits per heavy atom. The van der Waals surface area contributed by atoms with Gasteiger partial charge >= 0.3 is 0 Å². The van der Waals surface area contributed by atoms with Crippen molar-refractivity contribution >= 4 is 11.6 Å². The Bertz CT molecular complexity index is 346. The van der Waals surface area contributed by atoms with Crippen molar-refractivity contribution in [3.05, 3.63) is 28.8 Å². The predicted octanol–water partition coefficient (Wildman–Crippen LogP) is 3.36. The lowest BCUT2D eigenvalue weighted by Crippen LogP contribution is -2.22. The van der Waals surface area contributed by atoms with Crippen LogP contribution in [0.5, 0.6) is 5.75 Å². The summed E-state index contributed by atoms with van der Waals surface area (Å²) in [5.74, 6) is 0.717. The number of benzene rings is 1. The van der Waals surface area contributed by atoms with Gasteiger partial charge in [-0.25, -0.2) is 0 Å². The minimum Gasteiger partial charge on any atom is -0.493 e. The SMILES string of the molecule is CCC(N)Cc1c(Cl)cccc1OCCCF. The van der Waals surface area contributed by atoms with Crippen molar-refractivity contribution in [2.24, 2.45) is 5.73 Å². The molecule has 0 amide bonds. The van der Waals surface area contributed by atoms with Crippen molar-refractivity contribution in [3.63, 3.8) is 0 Å². The first kappa shape index (κ1) is 14.3. The molecule has 96 valence electrons. The molecule has 0 heterocycles. The van der Waals surface area contributed by atoms with Crippen molar-refractivity contribution in [2.45, 2.75) is 32.2 Å². The van der Waals surface area contributed by atoms with Crippen LogP contribution < -0.4 is 10.5 Å². The lowest BCUT2D eigenvalue weighted by Gasteiger charge is -2.15. The molecule has 0 aliphatic heterocycles. The summed E-state index contributed by atoms with van der Waals surface area (Å²) in [4.78, 5) is 0. The molecule has 0 fully saturated rings. The molecule has 1 atom stereocenters. The third-order valence-electron chi connectivity index (χ3n) is 2.60. The maximum Gasteiger partial charge on any atom is 0.124 e. The molecule has 0 aliphatic rings. The van der Waals surface area contributed by atoms with Gasteiger partial charge in [0.15, 0.2) is 0 Å². The summed E-state index contributed by atoms with van der Waals surface area (Å²) in [6, 6.07) is 5.57. The van der Waals surface area contributed by atoms with Gasteiger partial charge in [-0.15, -0.1) is 0 Å². The summed E-state index contributed by atoms with van der Waals surface area (Å²) in [6.45, 7) is 2.03. The number of hydrogen-bond donors (Lipinski definition) is 1. The van der Waals surface area contributed by atoms with E-state index in [-0.39, 0.29) is 12.7 Å². The molecular formula is C13H19ClFNO. The highest BCUT2D eigenvalue weighted by atomic mass is 35.5. The highest BCUT2D eigenvalue weighted by Gasteiger charge is 2.11. The van der Waals surface area contributed by atoms with Crippen LogP contribution in [0.25, 0.3) is 0 Å². The summed E-state index contributed by atoms with van der Waals surface area (Å²) in [5.41, 5.74) is 6.84. The average Bonchev–Trinajstić information content (AvgIpc) is 2.33. The zero-order valence-electron chi connectivity index (χ0n) is 10.1. The molecule has 1 rings (SSSR count). The Morgan fingerprint density at radius 2 is 2.24 bits per heavy atom. The molecule has 4 heteroatoms. The number of halogens is 2. The van der Waals surface area contributed by atoms with Gasteiger partial charge in [0.05, 0.1) is 13.3 Å². The summed E-state index contributed by atoms with van der Waals surface area (Å²) in [6.07, 6.45) is 1.96. The summed E-state index contributed by atoms with van der Waals surface area (Å²) >= 11 is 6.13. The molecule has 0 saturated carbocycles. The highest BCUT2D eigenvalue weighted by Crippen LogP contribution is 2.28. The Balaban J connectivity index is 2.76. The van der Waals surface area contributed by atoms with Crippen LogP contribution in [-0.4, -0.2) is 19.3 Å². The summed E-state index contributed by atoms with van der Waals surface area (Å²) in [7, 11) is 0. The quantitative estimate of drug-likeness (QED) is 0.762. The van der Waals surface area contributed by atoms with E-state index < -0.39 is 0 Å². The number of hydrogen-bond acceptors (Lipinski definition) is 2. The molecular weight excluding hydrogens is 241 g/mol. The molecule has 0 spiro atoms. The second-order valence-electron chi connectivity index (χ2n) is 3.98. The molecule has 1 unspecified atom stereocenters. The topological polar surface area (TPSA) is 35.2 Å². The van der Waals surface area contributed by atoms with Crippen molar-refractivity contribution < 1.29 is 9.13 Å². The van der Waals surface area contributed by atoms with E-state index in [0.717, 1.165) is 17.7 Å². The molecule has 2 nitrogen and oxygen atoms in total. The van der Waals surface area contributed by atoms with Gasteiger partial charge in [-0.2, -0.15) is 0 Å². The highest BCUT2D eigenvalue weighted by molar-refractivity contribution is 6.31. The fraction of sp³-hybridized carbons (Fsp3) is 0.538. The van der Waals surface area contributed by atoms with E-state index in [9.17, 15) is 4.39 Å². The Morgan fingerprint density at radius 3 is 2.88 bits per heavy atom. The maximum atomic E-state index is 12.0. The van der Waals surface area contributed by atoms with Gasteiger partial charge in [-0.05, 0) is 25.0 Å². The second kappa shape index (κ2) is 7.51. The van der Waals surface area contributed by atoms with E-state index in [1.54, 1.807) is 0 Å². The molecule has 2 N–H and O–H groups in total. The molecule has 0 radical (unpaired) electrons. The Hall–Kier alpha value is -0.800. The van der Waals surface area contributed by atoms with E-state index in [1.165, 1.54) is 0 Å². The van der Waals surface area contributed by atoms with Gasteiger partial charge < -0.3 is 10.5 Å². The number of alkyl halides is 1. The van der Waals surface area contributed by atoms with Crippen molar-refractivity contribution in [1.82, 2.24) is 0 Å². The van der Waals surface area contributed by atoms with Gasteiger partial charge in [-0.1, -0.05) is 24.6 Å². The van der Waals surface area contributed by atoms with Crippen LogP contribution in [0.4, 0.5) is 4.39 Å². The van der Waals surface area contributed by atoms with Crippen LogP contribution in [0, 0.1) is 0 Å². The van der Waals surface area contributed by atoms with Gasteiger partial charge in [0.25, 0.3) is 0 Å². The molecule has 0 aliphatic carbocycles. The molecule has 1 aromatic carbocycles. The summed E-state index contributed by atoms with van der Waals surface area (Å²) in [5, 5.41) is 0.659. The third-order valence-corrected chi connectivity index (χ3v) is 2.96. The first-order valence-electron chi connectivity index (χ1n) is 5.90. The molecule has 0 aromatic heterocycles. The number of nitrogens with two attached hydrogens (primary N) is 1. The first-order chi connectivity index (χ1) is 8.19. The standard InChI is InChI=1S/C13H19ClFNO/c1-2-10(16)9-11-12(14)5-3-6-13(11)17-8-4-7-15/h3,5-6,10H,2,4,7-9,16H2,1H3. The van der Waals surface area contributed by atoms with Gasteiger partial charge in [0.2, 0.25) is 0 Å². The van der Waals surface area contributed by atoms with E-state index in [0.29, 0.717) is 24.5 Å². The number of ether oxygens (including phenoxy) is 1.